The summed E-state index contributed by atoms with van der Waals surface area (Å²) in [5.41, 5.74) is -1.24. The van der Waals surface area contributed by atoms with Crippen molar-refractivity contribution in [3.8, 4) is 11.6 Å². The topological polar surface area (TPSA) is 97.5 Å². The molecule has 1 atom stereocenters. The molecule has 2 aromatic heterocycles. The van der Waals surface area contributed by atoms with Crippen molar-refractivity contribution < 1.29 is 28.5 Å². The van der Waals surface area contributed by atoms with Gasteiger partial charge in [0.25, 0.3) is 6.43 Å². The molecule has 0 saturated heterocycles. The molecule has 2 N–H and O–H groups in total. The van der Waals surface area contributed by atoms with Gasteiger partial charge in [0.2, 0.25) is 5.88 Å². The molecule has 1 unspecified atom stereocenters. The highest BCUT2D eigenvalue weighted by molar-refractivity contribution is 5.87. The number of pyridine rings is 1. The van der Waals surface area contributed by atoms with E-state index in [1.165, 1.54) is 18.5 Å². The number of hydrogen-bond donors (Lipinski definition) is 2. The molecule has 0 fully saturated rings. The van der Waals surface area contributed by atoms with E-state index in [-0.39, 0.29) is 28.5 Å². The first kappa shape index (κ1) is 19.8. The highest BCUT2D eigenvalue weighted by Crippen LogP contribution is 2.39. The summed E-state index contributed by atoms with van der Waals surface area (Å²) < 4.78 is 34.2. The first-order chi connectivity index (χ1) is 11.9. The largest absolute Gasteiger partial charge is 0.476 e. The molecular formula is C17H21F2N3O4. The van der Waals surface area contributed by atoms with Gasteiger partial charge in [-0.15, -0.1) is 0 Å². The third-order valence-electron chi connectivity index (χ3n) is 3.76. The molecule has 0 aliphatic carbocycles. The second-order valence-electron chi connectivity index (χ2n) is 6.89. The van der Waals surface area contributed by atoms with Crippen molar-refractivity contribution in [1.29, 1.82) is 0 Å². The standard InChI is InChI=1S/C17H21F2N3O4/c1-8-13(16(24)25)21-22(17(3,4)5)15(8)26-11-7-20-6-10(9(2)23)12(11)14(18)19/h6-7,9,14,23H,1-5H3,(H,24,25). The summed E-state index contributed by atoms with van der Waals surface area (Å²) in [6.45, 7) is 8.16. The molecule has 0 aromatic carbocycles. The number of rotatable bonds is 5. The van der Waals surface area contributed by atoms with E-state index in [0.717, 1.165) is 12.4 Å². The summed E-state index contributed by atoms with van der Waals surface area (Å²) in [6, 6.07) is 0. The number of carboxylic acid groups (broad SMARTS) is 1. The van der Waals surface area contributed by atoms with Gasteiger partial charge in [0, 0.05) is 17.3 Å². The number of carboxylic acids is 1. The number of ether oxygens (including phenoxy) is 1. The van der Waals surface area contributed by atoms with E-state index in [1.807, 2.05) is 0 Å². The number of aliphatic hydroxyl groups is 1. The van der Waals surface area contributed by atoms with Crippen LogP contribution in [0.1, 0.15) is 67.4 Å². The molecule has 0 spiro atoms. The number of hydrogen-bond acceptors (Lipinski definition) is 5. The van der Waals surface area contributed by atoms with Gasteiger partial charge in [-0.2, -0.15) is 5.10 Å². The zero-order valence-corrected chi connectivity index (χ0v) is 15.1. The summed E-state index contributed by atoms with van der Waals surface area (Å²) in [4.78, 5) is 15.2. The first-order valence-corrected chi connectivity index (χ1v) is 7.90. The maximum Gasteiger partial charge on any atom is 0.356 e. The lowest BCUT2D eigenvalue weighted by molar-refractivity contribution is 0.0688. The SMILES string of the molecule is Cc1c(C(=O)O)nn(C(C)(C)C)c1Oc1cncc(C(C)O)c1C(F)F. The Balaban J connectivity index is 2.66. The highest BCUT2D eigenvalue weighted by atomic mass is 19.3. The Morgan fingerprint density at radius 1 is 1.31 bits per heavy atom. The lowest BCUT2D eigenvalue weighted by Gasteiger charge is -2.23. The van der Waals surface area contributed by atoms with Crippen LogP contribution in [0.3, 0.4) is 0 Å². The van der Waals surface area contributed by atoms with Crippen molar-refractivity contribution in [2.75, 3.05) is 0 Å². The van der Waals surface area contributed by atoms with Crippen molar-refractivity contribution in [2.24, 2.45) is 0 Å². The third-order valence-corrected chi connectivity index (χ3v) is 3.76. The van der Waals surface area contributed by atoms with Gasteiger partial charge in [0.15, 0.2) is 11.4 Å². The smallest absolute Gasteiger partial charge is 0.356 e. The number of aromatic carboxylic acids is 1. The zero-order chi connectivity index (χ0) is 19.8. The number of carbonyl (C=O) groups is 1. The van der Waals surface area contributed by atoms with Crippen LogP contribution in [0.2, 0.25) is 0 Å². The summed E-state index contributed by atoms with van der Waals surface area (Å²) in [5, 5.41) is 23.1. The van der Waals surface area contributed by atoms with Crippen LogP contribution in [0, 0.1) is 6.92 Å². The van der Waals surface area contributed by atoms with Crippen LogP contribution in [0.4, 0.5) is 8.78 Å². The van der Waals surface area contributed by atoms with E-state index in [4.69, 9.17) is 4.74 Å². The van der Waals surface area contributed by atoms with Gasteiger partial charge in [0.1, 0.15) is 0 Å². The summed E-state index contributed by atoms with van der Waals surface area (Å²) in [6.07, 6.45) is -1.83. The van der Waals surface area contributed by atoms with Crippen LogP contribution in [0.5, 0.6) is 11.6 Å². The van der Waals surface area contributed by atoms with E-state index >= 15 is 0 Å². The number of alkyl halides is 2. The van der Waals surface area contributed by atoms with Gasteiger partial charge in [-0.3, -0.25) is 4.98 Å². The Kier molecular flexibility index (Phi) is 5.31. The molecule has 0 saturated carbocycles. The van der Waals surface area contributed by atoms with Crippen molar-refractivity contribution in [3.05, 3.63) is 34.8 Å². The van der Waals surface area contributed by atoms with Crippen molar-refractivity contribution in [3.63, 3.8) is 0 Å². The Morgan fingerprint density at radius 3 is 2.38 bits per heavy atom. The molecule has 2 heterocycles. The molecule has 0 amide bonds. The maximum absolute atomic E-state index is 13.6. The average molecular weight is 369 g/mol. The minimum absolute atomic E-state index is 0.0290. The lowest BCUT2D eigenvalue weighted by atomic mass is 10.1. The first-order valence-electron chi connectivity index (χ1n) is 7.90. The molecular weight excluding hydrogens is 348 g/mol. The van der Waals surface area contributed by atoms with Gasteiger partial charge in [0.05, 0.1) is 23.4 Å². The number of nitrogens with zero attached hydrogens (tertiary/aromatic N) is 3. The molecule has 0 aliphatic heterocycles. The molecule has 2 rings (SSSR count). The minimum Gasteiger partial charge on any atom is -0.476 e. The highest BCUT2D eigenvalue weighted by Gasteiger charge is 2.30. The van der Waals surface area contributed by atoms with Crippen molar-refractivity contribution in [2.45, 2.75) is 52.7 Å². The van der Waals surface area contributed by atoms with E-state index in [2.05, 4.69) is 10.1 Å². The van der Waals surface area contributed by atoms with Gasteiger partial charge in [-0.05, 0) is 34.6 Å². The molecule has 142 valence electrons. The quantitative estimate of drug-likeness (QED) is 0.831. The number of aliphatic hydroxyl groups excluding tert-OH is 1. The van der Waals surface area contributed by atoms with Gasteiger partial charge in [-0.25, -0.2) is 18.3 Å². The molecule has 9 heteroatoms. The fraction of sp³-hybridized carbons (Fsp3) is 0.471. The number of halogens is 2. The van der Waals surface area contributed by atoms with Crippen LogP contribution in [-0.4, -0.2) is 30.9 Å². The Morgan fingerprint density at radius 2 is 1.92 bits per heavy atom. The summed E-state index contributed by atoms with van der Waals surface area (Å²) >= 11 is 0. The van der Waals surface area contributed by atoms with Crippen LogP contribution in [-0.2, 0) is 5.54 Å². The van der Waals surface area contributed by atoms with Crippen LogP contribution in [0.15, 0.2) is 12.4 Å². The van der Waals surface area contributed by atoms with Gasteiger partial charge >= 0.3 is 5.97 Å². The van der Waals surface area contributed by atoms with E-state index < -0.39 is 29.6 Å². The molecule has 0 aliphatic rings. The monoisotopic (exact) mass is 369 g/mol. The minimum atomic E-state index is -2.91. The zero-order valence-electron chi connectivity index (χ0n) is 15.1. The van der Waals surface area contributed by atoms with Gasteiger partial charge in [-0.1, -0.05) is 0 Å². The lowest BCUT2D eigenvalue weighted by Crippen LogP contribution is -2.24. The van der Waals surface area contributed by atoms with Crippen molar-refractivity contribution in [1.82, 2.24) is 14.8 Å². The Bertz CT molecular complexity index is 826. The molecule has 2 aromatic rings. The average Bonchev–Trinajstić information content (AvgIpc) is 2.84. The fourth-order valence-corrected chi connectivity index (χ4v) is 2.48. The Hall–Kier alpha value is -2.55. The normalized spacial score (nSPS) is 13.1. The predicted octanol–water partition coefficient (Wildman–Crippen LogP) is 3.82. The van der Waals surface area contributed by atoms with E-state index in [1.54, 1.807) is 20.8 Å². The molecule has 0 bridgehead atoms. The third kappa shape index (κ3) is 3.67. The second-order valence-corrected chi connectivity index (χ2v) is 6.89. The van der Waals surface area contributed by atoms with Crippen LogP contribution >= 0.6 is 0 Å². The number of aromatic nitrogens is 3. The molecule has 26 heavy (non-hydrogen) atoms. The summed E-state index contributed by atoms with van der Waals surface area (Å²) in [5.74, 6) is -1.48. The fourth-order valence-electron chi connectivity index (χ4n) is 2.48. The molecule has 7 nitrogen and oxygen atoms in total. The van der Waals surface area contributed by atoms with Crippen molar-refractivity contribution >= 4 is 5.97 Å². The van der Waals surface area contributed by atoms with Crippen LogP contribution < -0.4 is 4.74 Å². The second kappa shape index (κ2) is 6.99. The Labute approximate surface area is 149 Å². The van der Waals surface area contributed by atoms with E-state index in [0.29, 0.717) is 0 Å². The van der Waals surface area contributed by atoms with Gasteiger partial charge < -0.3 is 14.9 Å². The van der Waals surface area contributed by atoms with Crippen LogP contribution in [0.25, 0.3) is 0 Å². The predicted molar refractivity (Wildman–Crippen MR) is 88.8 cm³/mol. The summed E-state index contributed by atoms with van der Waals surface area (Å²) in [7, 11) is 0. The molecule has 0 radical (unpaired) electrons. The van der Waals surface area contributed by atoms with E-state index in [9.17, 15) is 23.8 Å². The maximum atomic E-state index is 13.6.